The van der Waals surface area contributed by atoms with E-state index in [9.17, 15) is 4.39 Å². The zero-order valence-electron chi connectivity index (χ0n) is 12.1. The molecular formula is C17H21FN2O. The van der Waals surface area contributed by atoms with Gasteiger partial charge in [0.05, 0.1) is 19.3 Å². The number of nitrogens with zero attached hydrogens (tertiary/aromatic N) is 1. The van der Waals surface area contributed by atoms with Gasteiger partial charge in [-0.1, -0.05) is 11.8 Å². The van der Waals surface area contributed by atoms with Crippen LogP contribution in [0.4, 0.5) is 4.39 Å². The summed E-state index contributed by atoms with van der Waals surface area (Å²) in [6.45, 7) is 2.75. The van der Waals surface area contributed by atoms with E-state index in [4.69, 9.17) is 10.5 Å². The van der Waals surface area contributed by atoms with Gasteiger partial charge in [0.1, 0.15) is 5.82 Å². The Morgan fingerprint density at radius 3 is 3.10 bits per heavy atom. The number of rotatable bonds is 2. The summed E-state index contributed by atoms with van der Waals surface area (Å²) < 4.78 is 19.6. The third-order valence-electron chi connectivity index (χ3n) is 4.28. The smallest absolute Gasteiger partial charge is 0.124 e. The molecule has 1 aliphatic heterocycles. The monoisotopic (exact) mass is 288 g/mol. The third-order valence-corrected chi connectivity index (χ3v) is 4.28. The van der Waals surface area contributed by atoms with E-state index >= 15 is 0 Å². The highest BCUT2D eigenvalue weighted by atomic mass is 19.1. The number of ether oxygens (including phenoxy) is 1. The summed E-state index contributed by atoms with van der Waals surface area (Å²) in [6.07, 6.45) is 3.92. The van der Waals surface area contributed by atoms with E-state index in [1.807, 2.05) is 6.07 Å². The van der Waals surface area contributed by atoms with Crippen LogP contribution in [0.25, 0.3) is 0 Å². The fraction of sp³-hybridized carbons (Fsp3) is 0.529. The van der Waals surface area contributed by atoms with Gasteiger partial charge >= 0.3 is 0 Å². The second-order valence-electron chi connectivity index (χ2n) is 5.73. The predicted octanol–water partition coefficient (Wildman–Crippen LogP) is 1.89. The first-order valence-corrected chi connectivity index (χ1v) is 7.60. The van der Waals surface area contributed by atoms with Crippen molar-refractivity contribution in [2.45, 2.75) is 38.0 Å². The second kappa shape index (κ2) is 6.57. The Balaban J connectivity index is 1.76. The van der Waals surface area contributed by atoms with E-state index in [1.165, 1.54) is 18.9 Å². The highest BCUT2D eigenvalue weighted by molar-refractivity contribution is 5.38. The number of fused-ring (bicyclic) bond motifs is 1. The van der Waals surface area contributed by atoms with Crippen molar-refractivity contribution in [3.8, 4) is 11.8 Å². The van der Waals surface area contributed by atoms with Crippen molar-refractivity contribution in [2.24, 2.45) is 5.73 Å². The van der Waals surface area contributed by atoms with Crippen LogP contribution < -0.4 is 5.73 Å². The minimum Gasteiger partial charge on any atom is -0.375 e. The lowest BCUT2D eigenvalue weighted by Gasteiger charge is -2.37. The molecule has 3 rings (SSSR count). The van der Waals surface area contributed by atoms with Crippen molar-refractivity contribution in [2.75, 3.05) is 19.7 Å². The minimum absolute atomic E-state index is 0.231. The van der Waals surface area contributed by atoms with Gasteiger partial charge in [0.15, 0.2) is 0 Å². The standard InChI is InChI=1S/C17H21FN2O/c18-15-10-13(3-2-6-19)9-14(11-15)12-20-7-8-21-17-5-1-4-16(17)20/h9-11,16-17H,1,4-8,12,19H2. The summed E-state index contributed by atoms with van der Waals surface area (Å²) in [5.41, 5.74) is 7.05. The van der Waals surface area contributed by atoms with Crippen LogP contribution in [-0.4, -0.2) is 36.7 Å². The first-order chi connectivity index (χ1) is 10.3. The normalized spacial score (nSPS) is 25.2. The quantitative estimate of drug-likeness (QED) is 0.845. The Morgan fingerprint density at radius 2 is 2.24 bits per heavy atom. The molecule has 2 atom stereocenters. The first kappa shape index (κ1) is 14.5. The van der Waals surface area contributed by atoms with E-state index < -0.39 is 0 Å². The van der Waals surface area contributed by atoms with E-state index in [2.05, 4.69) is 16.7 Å². The van der Waals surface area contributed by atoms with E-state index in [1.54, 1.807) is 6.07 Å². The molecule has 1 heterocycles. The van der Waals surface area contributed by atoms with Gasteiger partial charge in [-0.15, -0.1) is 0 Å². The molecule has 4 heteroatoms. The molecule has 2 fully saturated rings. The van der Waals surface area contributed by atoms with Crippen molar-refractivity contribution in [3.05, 3.63) is 35.1 Å². The largest absolute Gasteiger partial charge is 0.375 e. The molecule has 112 valence electrons. The SMILES string of the molecule is NCC#Cc1cc(F)cc(CN2CCOC3CCCC32)c1. The van der Waals surface area contributed by atoms with E-state index in [0.29, 0.717) is 24.3 Å². The Kier molecular flexibility index (Phi) is 4.54. The van der Waals surface area contributed by atoms with Crippen molar-refractivity contribution in [1.82, 2.24) is 4.90 Å². The third kappa shape index (κ3) is 3.44. The van der Waals surface area contributed by atoms with Crippen LogP contribution in [0.15, 0.2) is 18.2 Å². The average molecular weight is 288 g/mol. The van der Waals surface area contributed by atoms with Gasteiger partial charge in [-0.05, 0) is 43.0 Å². The van der Waals surface area contributed by atoms with Gasteiger partial charge in [-0.2, -0.15) is 0 Å². The Bertz CT molecular complexity index is 564. The molecule has 2 unspecified atom stereocenters. The lowest BCUT2D eigenvalue weighted by atomic mass is 10.1. The fourth-order valence-corrected chi connectivity index (χ4v) is 3.40. The lowest BCUT2D eigenvalue weighted by Crippen LogP contribution is -2.47. The van der Waals surface area contributed by atoms with Gasteiger partial charge in [-0.3, -0.25) is 4.90 Å². The average Bonchev–Trinajstić information content (AvgIpc) is 2.94. The Labute approximate surface area is 125 Å². The van der Waals surface area contributed by atoms with Crippen LogP contribution in [0, 0.1) is 17.7 Å². The Morgan fingerprint density at radius 1 is 1.33 bits per heavy atom. The van der Waals surface area contributed by atoms with Gasteiger partial charge < -0.3 is 10.5 Å². The maximum absolute atomic E-state index is 13.7. The highest BCUT2D eigenvalue weighted by Gasteiger charge is 2.35. The molecule has 1 aliphatic carbocycles. The first-order valence-electron chi connectivity index (χ1n) is 7.60. The van der Waals surface area contributed by atoms with Crippen molar-refractivity contribution >= 4 is 0 Å². The van der Waals surface area contributed by atoms with E-state index in [-0.39, 0.29) is 5.82 Å². The summed E-state index contributed by atoms with van der Waals surface area (Å²) >= 11 is 0. The zero-order chi connectivity index (χ0) is 14.7. The predicted molar refractivity (Wildman–Crippen MR) is 80.1 cm³/mol. The van der Waals surface area contributed by atoms with E-state index in [0.717, 1.165) is 31.7 Å². The van der Waals surface area contributed by atoms with Gasteiger partial charge in [-0.25, -0.2) is 4.39 Å². The lowest BCUT2D eigenvalue weighted by molar-refractivity contribution is -0.0588. The van der Waals surface area contributed by atoms with Crippen LogP contribution >= 0.6 is 0 Å². The molecular weight excluding hydrogens is 267 g/mol. The van der Waals surface area contributed by atoms with Crippen molar-refractivity contribution in [1.29, 1.82) is 0 Å². The molecule has 1 aromatic rings. The number of halogens is 1. The molecule has 2 aliphatic rings. The number of hydrogen-bond acceptors (Lipinski definition) is 3. The molecule has 1 aromatic carbocycles. The summed E-state index contributed by atoms with van der Waals surface area (Å²) in [7, 11) is 0. The van der Waals surface area contributed by atoms with Crippen LogP contribution in [0.1, 0.15) is 30.4 Å². The molecule has 0 radical (unpaired) electrons. The molecule has 1 saturated heterocycles. The molecule has 21 heavy (non-hydrogen) atoms. The van der Waals surface area contributed by atoms with Crippen LogP contribution in [0.2, 0.25) is 0 Å². The number of benzene rings is 1. The molecule has 0 aromatic heterocycles. The highest BCUT2D eigenvalue weighted by Crippen LogP contribution is 2.30. The number of hydrogen-bond donors (Lipinski definition) is 1. The van der Waals surface area contributed by atoms with Gasteiger partial charge in [0.2, 0.25) is 0 Å². The summed E-state index contributed by atoms with van der Waals surface area (Å²) in [5, 5.41) is 0. The fourth-order valence-electron chi connectivity index (χ4n) is 3.40. The van der Waals surface area contributed by atoms with Gasteiger partial charge in [0, 0.05) is 24.7 Å². The minimum atomic E-state index is -0.231. The second-order valence-corrected chi connectivity index (χ2v) is 5.73. The van der Waals surface area contributed by atoms with Crippen molar-refractivity contribution < 1.29 is 9.13 Å². The molecule has 1 saturated carbocycles. The summed E-state index contributed by atoms with van der Waals surface area (Å²) in [4.78, 5) is 2.43. The number of nitrogens with two attached hydrogens (primary N) is 1. The number of morpholine rings is 1. The molecule has 2 N–H and O–H groups in total. The Hall–Kier alpha value is -1.41. The molecule has 0 spiro atoms. The van der Waals surface area contributed by atoms with Crippen molar-refractivity contribution in [3.63, 3.8) is 0 Å². The zero-order valence-corrected chi connectivity index (χ0v) is 12.1. The summed E-state index contributed by atoms with van der Waals surface area (Å²) in [6, 6.07) is 5.52. The van der Waals surface area contributed by atoms with Crippen LogP contribution in [0.3, 0.4) is 0 Å². The molecule has 0 amide bonds. The molecule has 3 nitrogen and oxygen atoms in total. The maximum Gasteiger partial charge on any atom is 0.124 e. The van der Waals surface area contributed by atoms with Crippen LogP contribution in [-0.2, 0) is 11.3 Å². The molecule has 0 bridgehead atoms. The summed E-state index contributed by atoms with van der Waals surface area (Å²) in [5.74, 6) is 5.46. The topological polar surface area (TPSA) is 38.5 Å². The van der Waals surface area contributed by atoms with Crippen LogP contribution in [0.5, 0.6) is 0 Å². The maximum atomic E-state index is 13.7. The van der Waals surface area contributed by atoms with Gasteiger partial charge in [0.25, 0.3) is 0 Å².